The molecule has 0 saturated carbocycles. The van der Waals surface area contributed by atoms with Crippen molar-refractivity contribution in [2.24, 2.45) is 5.92 Å². The highest BCUT2D eigenvalue weighted by Crippen LogP contribution is 2.32. The van der Waals surface area contributed by atoms with E-state index in [9.17, 15) is 14.4 Å². The summed E-state index contributed by atoms with van der Waals surface area (Å²) in [6, 6.07) is 5.12. The van der Waals surface area contributed by atoms with Gasteiger partial charge in [-0.05, 0) is 24.5 Å². The number of rotatable bonds is 5. The van der Waals surface area contributed by atoms with Gasteiger partial charge in [-0.2, -0.15) is 0 Å². The Bertz CT molecular complexity index is 936. The number of anilines is 2. The topological polar surface area (TPSA) is 102 Å². The zero-order valence-corrected chi connectivity index (χ0v) is 16.2. The Balaban J connectivity index is 1.41. The zero-order valence-electron chi connectivity index (χ0n) is 16.2. The van der Waals surface area contributed by atoms with Gasteiger partial charge in [-0.25, -0.2) is 0 Å². The molecule has 4 rings (SSSR count). The van der Waals surface area contributed by atoms with Crippen LogP contribution in [0.25, 0.3) is 0 Å². The first kappa shape index (κ1) is 19.2. The van der Waals surface area contributed by atoms with Crippen LogP contribution in [0, 0.1) is 5.92 Å². The highest BCUT2D eigenvalue weighted by atomic mass is 16.5. The van der Waals surface area contributed by atoms with E-state index in [1.165, 1.54) is 4.90 Å². The van der Waals surface area contributed by atoms with Crippen LogP contribution in [0.5, 0.6) is 5.75 Å². The van der Waals surface area contributed by atoms with E-state index < -0.39 is 0 Å². The van der Waals surface area contributed by atoms with Gasteiger partial charge in [0.05, 0.1) is 18.8 Å². The van der Waals surface area contributed by atoms with Crippen LogP contribution in [0.3, 0.4) is 0 Å². The van der Waals surface area contributed by atoms with Crippen LogP contribution < -0.4 is 15.4 Å². The fraction of sp³-hybridized carbons (Fsp3) is 0.381. The van der Waals surface area contributed by atoms with Gasteiger partial charge in [0.2, 0.25) is 0 Å². The normalized spacial score (nSPS) is 21.8. The molecule has 29 heavy (non-hydrogen) atoms. The molecule has 1 atom stereocenters. The Labute approximate surface area is 168 Å². The Morgan fingerprint density at radius 1 is 1.24 bits per heavy atom. The molecule has 3 aliphatic rings. The van der Waals surface area contributed by atoms with Gasteiger partial charge in [0.25, 0.3) is 17.7 Å². The molecule has 0 spiro atoms. The smallest absolute Gasteiger partial charge is 0.261 e. The third kappa shape index (κ3) is 3.63. The molecule has 8 heteroatoms. The van der Waals surface area contributed by atoms with Gasteiger partial charge < -0.3 is 20.1 Å². The lowest BCUT2D eigenvalue weighted by Gasteiger charge is -2.27. The highest BCUT2D eigenvalue weighted by molar-refractivity contribution is 6.20. The summed E-state index contributed by atoms with van der Waals surface area (Å²) < 4.78 is 10.9. The number of allylic oxidation sites excluding steroid dienone is 1. The van der Waals surface area contributed by atoms with E-state index in [2.05, 4.69) is 0 Å². The van der Waals surface area contributed by atoms with Gasteiger partial charge in [-0.1, -0.05) is 19.1 Å². The van der Waals surface area contributed by atoms with Crippen LogP contribution in [0.15, 0.2) is 41.5 Å². The molecule has 1 unspecified atom stereocenters. The molecule has 152 valence electrons. The lowest BCUT2D eigenvalue weighted by atomic mass is 9.92. The van der Waals surface area contributed by atoms with Crippen molar-refractivity contribution in [1.29, 1.82) is 0 Å². The van der Waals surface area contributed by atoms with Crippen molar-refractivity contribution in [3.63, 3.8) is 0 Å². The molecule has 3 amide bonds. The molecule has 1 aromatic carbocycles. The molecular weight excluding hydrogens is 374 g/mol. The molecule has 0 bridgehead atoms. The Morgan fingerprint density at radius 2 is 2.07 bits per heavy atom. The molecule has 2 aliphatic heterocycles. The summed E-state index contributed by atoms with van der Waals surface area (Å²) >= 11 is 0. The van der Waals surface area contributed by atoms with Crippen LogP contribution in [0.1, 0.15) is 13.3 Å². The maximum atomic E-state index is 12.6. The number of benzene rings is 1. The van der Waals surface area contributed by atoms with Crippen LogP contribution in [0.4, 0.5) is 11.4 Å². The van der Waals surface area contributed by atoms with Crippen LogP contribution in [0.2, 0.25) is 0 Å². The fourth-order valence-corrected chi connectivity index (χ4v) is 3.72. The summed E-state index contributed by atoms with van der Waals surface area (Å²) in [7, 11) is 0. The van der Waals surface area contributed by atoms with Crippen molar-refractivity contribution in [2.75, 3.05) is 43.5 Å². The summed E-state index contributed by atoms with van der Waals surface area (Å²) in [4.78, 5) is 40.0. The standard InChI is InChI=1S/C21H23N3O5/c1-13-2-4-15-16(10-13)21(27)24(20(15)26)7-9-29-18-11-14(3-5-17(18)22)23-6-8-28-12-19(23)25/h2-5,11,13H,6-10,12,22H2,1H3. The molecule has 2 N–H and O–H groups in total. The number of ether oxygens (including phenoxy) is 2. The number of nitrogens with two attached hydrogens (primary N) is 1. The SMILES string of the molecule is CC1C=CC2=C(C1)C(=O)N(CCOc1cc(N3CCOCC3=O)ccc1N)C2=O. The van der Waals surface area contributed by atoms with Gasteiger partial charge in [-0.3, -0.25) is 19.3 Å². The quantitative estimate of drug-likeness (QED) is 0.593. The van der Waals surface area contributed by atoms with Crippen molar-refractivity contribution in [3.05, 3.63) is 41.5 Å². The first-order chi connectivity index (χ1) is 14.0. The van der Waals surface area contributed by atoms with Crippen molar-refractivity contribution >= 4 is 29.1 Å². The molecule has 1 fully saturated rings. The van der Waals surface area contributed by atoms with Crippen LogP contribution >= 0.6 is 0 Å². The van der Waals surface area contributed by atoms with E-state index in [0.717, 1.165) is 0 Å². The Hall–Kier alpha value is -3.13. The van der Waals surface area contributed by atoms with Crippen molar-refractivity contribution in [3.8, 4) is 5.75 Å². The molecular formula is C21H23N3O5. The number of carbonyl (C=O) groups is 3. The average Bonchev–Trinajstić information content (AvgIpc) is 2.94. The number of amides is 3. The fourth-order valence-electron chi connectivity index (χ4n) is 3.72. The minimum atomic E-state index is -0.280. The second-order valence-electron chi connectivity index (χ2n) is 7.36. The van der Waals surface area contributed by atoms with E-state index in [1.807, 2.05) is 13.0 Å². The number of nitrogens with zero attached hydrogens (tertiary/aromatic N) is 2. The predicted octanol–water partition coefficient (Wildman–Crippen LogP) is 1.27. The third-order valence-electron chi connectivity index (χ3n) is 5.29. The summed E-state index contributed by atoms with van der Waals surface area (Å²) in [6.45, 7) is 3.23. The molecule has 1 aromatic rings. The predicted molar refractivity (Wildman–Crippen MR) is 106 cm³/mol. The zero-order chi connectivity index (χ0) is 20.5. The lowest BCUT2D eigenvalue weighted by Crippen LogP contribution is -2.41. The van der Waals surface area contributed by atoms with Gasteiger partial charge in [-0.15, -0.1) is 0 Å². The van der Waals surface area contributed by atoms with Crippen molar-refractivity contribution in [2.45, 2.75) is 13.3 Å². The monoisotopic (exact) mass is 397 g/mol. The van der Waals surface area contributed by atoms with E-state index in [0.29, 0.717) is 47.8 Å². The number of hydrogen-bond donors (Lipinski definition) is 1. The second-order valence-corrected chi connectivity index (χ2v) is 7.36. The van der Waals surface area contributed by atoms with Gasteiger partial charge in [0.15, 0.2) is 0 Å². The van der Waals surface area contributed by atoms with E-state index >= 15 is 0 Å². The maximum absolute atomic E-state index is 12.6. The molecule has 8 nitrogen and oxygen atoms in total. The van der Waals surface area contributed by atoms with E-state index in [4.69, 9.17) is 15.2 Å². The average molecular weight is 397 g/mol. The number of morpholine rings is 1. The first-order valence-electron chi connectivity index (χ1n) is 9.63. The summed E-state index contributed by atoms with van der Waals surface area (Å²) in [6.07, 6.45) is 4.27. The second kappa shape index (κ2) is 7.71. The van der Waals surface area contributed by atoms with Crippen molar-refractivity contribution in [1.82, 2.24) is 4.90 Å². The summed E-state index contributed by atoms with van der Waals surface area (Å²) in [5.74, 6) is 0.00116. The molecule has 1 saturated heterocycles. The van der Waals surface area contributed by atoms with Gasteiger partial charge in [0, 0.05) is 29.4 Å². The first-order valence-corrected chi connectivity index (χ1v) is 9.63. The number of imide groups is 1. The van der Waals surface area contributed by atoms with E-state index in [-0.39, 0.29) is 43.4 Å². The largest absolute Gasteiger partial charge is 0.489 e. The van der Waals surface area contributed by atoms with Crippen molar-refractivity contribution < 1.29 is 23.9 Å². The molecule has 2 heterocycles. The highest BCUT2D eigenvalue weighted by Gasteiger charge is 2.38. The van der Waals surface area contributed by atoms with Crippen LogP contribution in [-0.2, 0) is 19.1 Å². The number of carbonyl (C=O) groups excluding carboxylic acids is 3. The maximum Gasteiger partial charge on any atom is 0.261 e. The third-order valence-corrected chi connectivity index (χ3v) is 5.29. The minimum absolute atomic E-state index is 0.0461. The number of hydrogen-bond acceptors (Lipinski definition) is 6. The van der Waals surface area contributed by atoms with E-state index in [1.54, 1.807) is 29.2 Å². The van der Waals surface area contributed by atoms with Crippen LogP contribution in [-0.4, -0.2) is 55.5 Å². The molecule has 0 aromatic heterocycles. The Kier molecular flexibility index (Phi) is 5.10. The van der Waals surface area contributed by atoms with Gasteiger partial charge in [0.1, 0.15) is 19.0 Å². The lowest BCUT2D eigenvalue weighted by molar-refractivity contribution is -0.138. The molecule has 0 radical (unpaired) electrons. The van der Waals surface area contributed by atoms with Gasteiger partial charge >= 0.3 is 0 Å². The number of nitrogen functional groups attached to an aromatic ring is 1. The Morgan fingerprint density at radius 3 is 2.86 bits per heavy atom. The molecule has 1 aliphatic carbocycles. The summed E-state index contributed by atoms with van der Waals surface area (Å²) in [5, 5.41) is 0. The minimum Gasteiger partial charge on any atom is -0.489 e. The summed E-state index contributed by atoms with van der Waals surface area (Å²) in [5.41, 5.74) is 8.15.